The van der Waals surface area contributed by atoms with Crippen LogP contribution in [0.1, 0.15) is 42.3 Å². The van der Waals surface area contributed by atoms with E-state index in [1.54, 1.807) is 0 Å². The van der Waals surface area contributed by atoms with E-state index in [4.69, 9.17) is 5.84 Å². The van der Waals surface area contributed by atoms with E-state index in [1.165, 1.54) is 11.1 Å². The van der Waals surface area contributed by atoms with Crippen molar-refractivity contribution in [1.82, 2.24) is 9.97 Å². The lowest BCUT2D eigenvalue weighted by Gasteiger charge is -2.16. The van der Waals surface area contributed by atoms with Gasteiger partial charge in [0.05, 0.1) is 0 Å². The fourth-order valence-electron chi connectivity index (χ4n) is 2.07. The Kier molecular flexibility index (Phi) is 4.43. The molecular weight excluding hydrogens is 262 g/mol. The smallest absolute Gasteiger partial charge is 0.148 e. The van der Waals surface area contributed by atoms with Crippen molar-refractivity contribution in [3.05, 3.63) is 40.7 Å². The Balaban J connectivity index is 2.48. The predicted molar refractivity (Wildman–Crippen MR) is 87.9 cm³/mol. The maximum absolute atomic E-state index is 5.57. The number of nitrogens with one attached hydrogen (secondary N) is 2. The lowest BCUT2D eigenvalue weighted by Crippen LogP contribution is -2.14. The van der Waals surface area contributed by atoms with Crippen molar-refractivity contribution in [2.24, 2.45) is 5.84 Å². The number of hydrogen-bond acceptors (Lipinski definition) is 5. The van der Waals surface area contributed by atoms with Gasteiger partial charge >= 0.3 is 0 Å². The van der Waals surface area contributed by atoms with Crippen molar-refractivity contribution in [3.63, 3.8) is 0 Å². The fraction of sp³-hybridized carbons (Fsp3) is 0.375. The first kappa shape index (κ1) is 15.3. The van der Waals surface area contributed by atoms with Crippen LogP contribution in [0.4, 0.5) is 17.3 Å². The van der Waals surface area contributed by atoms with E-state index < -0.39 is 0 Å². The van der Waals surface area contributed by atoms with Crippen LogP contribution in [0.15, 0.2) is 18.2 Å². The largest absolute Gasteiger partial charge is 0.340 e. The minimum absolute atomic E-state index is 0.233. The van der Waals surface area contributed by atoms with E-state index >= 15 is 0 Å². The highest BCUT2D eigenvalue weighted by Gasteiger charge is 2.13. The molecule has 1 aromatic heterocycles. The summed E-state index contributed by atoms with van der Waals surface area (Å²) in [6.07, 6.45) is 0. The van der Waals surface area contributed by atoms with E-state index in [9.17, 15) is 0 Å². The average molecular weight is 285 g/mol. The molecule has 0 fully saturated rings. The van der Waals surface area contributed by atoms with Gasteiger partial charge < -0.3 is 10.7 Å². The van der Waals surface area contributed by atoms with Gasteiger partial charge in [0.2, 0.25) is 0 Å². The van der Waals surface area contributed by atoms with Gasteiger partial charge in [0, 0.05) is 17.2 Å². The molecule has 0 atom stereocenters. The summed E-state index contributed by atoms with van der Waals surface area (Å²) < 4.78 is 0. The minimum Gasteiger partial charge on any atom is -0.340 e. The van der Waals surface area contributed by atoms with Gasteiger partial charge in [-0.05, 0) is 38.0 Å². The summed E-state index contributed by atoms with van der Waals surface area (Å²) in [5, 5.41) is 3.40. The van der Waals surface area contributed by atoms with Gasteiger partial charge in [0.1, 0.15) is 17.5 Å². The van der Waals surface area contributed by atoms with Crippen molar-refractivity contribution in [2.45, 2.75) is 40.5 Å². The van der Waals surface area contributed by atoms with Crippen molar-refractivity contribution in [3.8, 4) is 0 Å². The van der Waals surface area contributed by atoms with Crippen LogP contribution in [-0.2, 0) is 0 Å². The number of nitrogens with two attached hydrogens (primary N) is 1. The van der Waals surface area contributed by atoms with Crippen molar-refractivity contribution >= 4 is 17.3 Å². The summed E-state index contributed by atoms with van der Waals surface area (Å²) in [6.45, 7) is 10.3. The van der Waals surface area contributed by atoms with Crippen molar-refractivity contribution < 1.29 is 0 Å². The molecule has 4 N–H and O–H groups in total. The molecule has 5 heteroatoms. The second kappa shape index (κ2) is 6.10. The van der Waals surface area contributed by atoms with Gasteiger partial charge in [-0.3, -0.25) is 0 Å². The van der Waals surface area contributed by atoms with Crippen LogP contribution in [-0.4, -0.2) is 9.97 Å². The summed E-state index contributed by atoms with van der Waals surface area (Å²) in [6, 6.07) is 6.18. The van der Waals surface area contributed by atoms with Crippen LogP contribution in [0.25, 0.3) is 0 Å². The molecule has 0 aliphatic carbocycles. The minimum atomic E-state index is 0.233. The molecule has 0 aliphatic heterocycles. The standard InChI is InChI=1S/C16H23N5/c1-9(2)14-19-15(12(5)16(20-14)21-17)18-13-8-6-7-10(3)11(13)4/h6-9H,17H2,1-5H3,(H2,18,19,20,21). The zero-order chi connectivity index (χ0) is 15.6. The second-order valence-electron chi connectivity index (χ2n) is 5.58. The van der Waals surface area contributed by atoms with Crippen LogP contribution in [0.3, 0.4) is 0 Å². The quantitative estimate of drug-likeness (QED) is 0.591. The van der Waals surface area contributed by atoms with Gasteiger partial charge in [-0.2, -0.15) is 0 Å². The third-order valence-corrected chi connectivity index (χ3v) is 3.67. The first-order valence-electron chi connectivity index (χ1n) is 7.12. The maximum atomic E-state index is 5.57. The van der Waals surface area contributed by atoms with Gasteiger partial charge in [-0.15, -0.1) is 0 Å². The molecule has 0 saturated heterocycles. The van der Waals surface area contributed by atoms with Crippen molar-refractivity contribution in [2.75, 3.05) is 10.7 Å². The first-order chi connectivity index (χ1) is 9.93. The maximum Gasteiger partial charge on any atom is 0.148 e. The highest BCUT2D eigenvalue weighted by atomic mass is 15.3. The Bertz CT molecular complexity index is 649. The topological polar surface area (TPSA) is 75.9 Å². The molecule has 0 saturated carbocycles. The Labute approximate surface area is 126 Å². The third-order valence-electron chi connectivity index (χ3n) is 3.67. The van der Waals surface area contributed by atoms with E-state index in [0.717, 1.165) is 22.9 Å². The number of hydrazine groups is 1. The Morgan fingerprint density at radius 3 is 2.29 bits per heavy atom. The highest BCUT2D eigenvalue weighted by Crippen LogP contribution is 2.27. The zero-order valence-electron chi connectivity index (χ0n) is 13.3. The molecule has 0 unspecified atom stereocenters. The molecule has 1 heterocycles. The third kappa shape index (κ3) is 3.13. The molecule has 0 amide bonds. The molecule has 0 spiro atoms. The number of benzene rings is 1. The van der Waals surface area contributed by atoms with E-state index in [0.29, 0.717) is 5.82 Å². The molecule has 2 aromatic rings. The molecule has 0 radical (unpaired) electrons. The van der Waals surface area contributed by atoms with Gasteiger partial charge in [0.15, 0.2) is 0 Å². The van der Waals surface area contributed by atoms with Gasteiger partial charge in [0.25, 0.3) is 0 Å². The number of anilines is 3. The average Bonchev–Trinajstić information content (AvgIpc) is 2.45. The molecule has 0 aliphatic rings. The molecule has 5 nitrogen and oxygen atoms in total. The number of rotatable bonds is 4. The SMILES string of the molecule is Cc1cccc(Nc2nc(C(C)C)nc(NN)c2C)c1C. The van der Waals surface area contributed by atoms with Crippen LogP contribution >= 0.6 is 0 Å². The number of aryl methyl sites for hydroxylation is 1. The number of nitrogens with zero attached hydrogens (tertiary/aromatic N) is 2. The normalized spacial score (nSPS) is 10.8. The monoisotopic (exact) mass is 285 g/mol. The molecule has 112 valence electrons. The summed E-state index contributed by atoms with van der Waals surface area (Å²) in [5.74, 6) is 8.01. The predicted octanol–water partition coefficient (Wildman–Crippen LogP) is 3.55. The van der Waals surface area contributed by atoms with E-state index in [-0.39, 0.29) is 5.92 Å². The summed E-state index contributed by atoms with van der Waals surface area (Å²) >= 11 is 0. The summed E-state index contributed by atoms with van der Waals surface area (Å²) in [7, 11) is 0. The van der Waals surface area contributed by atoms with E-state index in [2.05, 4.69) is 60.5 Å². The Hall–Kier alpha value is -2.14. The number of nitrogen functional groups attached to an aromatic ring is 1. The highest BCUT2D eigenvalue weighted by molar-refractivity contribution is 5.67. The van der Waals surface area contributed by atoms with E-state index in [1.807, 2.05) is 13.0 Å². The second-order valence-corrected chi connectivity index (χ2v) is 5.58. The lowest BCUT2D eigenvalue weighted by atomic mass is 10.1. The van der Waals surface area contributed by atoms with Gasteiger partial charge in [-0.1, -0.05) is 26.0 Å². The van der Waals surface area contributed by atoms with Crippen LogP contribution in [0, 0.1) is 20.8 Å². The van der Waals surface area contributed by atoms with Crippen LogP contribution in [0.5, 0.6) is 0 Å². The fourth-order valence-corrected chi connectivity index (χ4v) is 2.07. The van der Waals surface area contributed by atoms with Crippen LogP contribution in [0.2, 0.25) is 0 Å². The summed E-state index contributed by atoms with van der Waals surface area (Å²) in [5.41, 5.74) is 7.06. The summed E-state index contributed by atoms with van der Waals surface area (Å²) in [4.78, 5) is 9.07. The number of hydrogen-bond donors (Lipinski definition) is 3. The Morgan fingerprint density at radius 2 is 1.67 bits per heavy atom. The molecule has 21 heavy (non-hydrogen) atoms. The first-order valence-corrected chi connectivity index (χ1v) is 7.12. The van der Waals surface area contributed by atoms with Gasteiger partial charge in [-0.25, -0.2) is 15.8 Å². The van der Waals surface area contributed by atoms with Crippen molar-refractivity contribution in [1.29, 1.82) is 0 Å². The Morgan fingerprint density at radius 1 is 1.00 bits per heavy atom. The molecule has 0 bridgehead atoms. The molecule has 2 rings (SSSR count). The lowest BCUT2D eigenvalue weighted by molar-refractivity contribution is 0.774. The number of aromatic nitrogens is 2. The zero-order valence-corrected chi connectivity index (χ0v) is 13.3. The van der Waals surface area contributed by atoms with Crippen LogP contribution < -0.4 is 16.6 Å². The molecular formula is C16H23N5. The molecule has 1 aromatic carbocycles.